The Morgan fingerprint density at radius 1 is 0.694 bits per heavy atom. The first-order valence-corrected chi connectivity index (χ1v) is 18.4. The van der Waals surface area contributed by atoms with Gasteiger partial charge < -0.3 is 54.4 Å². The molecular formula is C31H57N7O10S. The number of unbranched alkanes of at least 4 members (excludes halogenated alkanes) is 1. The van der Waals surface area contributed by atoms with E-state index in [2.05, 4.69) is 31.3 Å². The highest BCUT2D eigenvalue weighted by atomic mass is 32.2. The number of azide groups is 1. The number of fused-ring (bicyclic) bond motifs is 1. The molecule has 2 aliphatic rings. The lowest BCUT2D eigenvalue weighted by atomic mass is 10.0. The lowest BCUT2D eigenvalue weighted by Crippen LogP contribution is -2.36. The summed E-state index contributed by atoms with van der Waals surface area (Å²) in [6, 6.07) is 0.407. The molecule has 0 unspecified atom stereocenters. The van der Waals surface area contributed by atoms with Crippen LogP contribution < -0.4 is 21.3 Å². The lowest BCUT2D eigenvalue weighted by molar-refractivity contribution is -0.122. The van der Waals surface area contributed by atoms with E-state index in [0.29, 0.717) is 130 Å². The van der Waals surface area contributed by atoms with Crippen LogP contribution in [0.5, 0.6) is 0 Å². The van der Waals surface area contributed by atoms with Crippen LogP contribution in [0.3, 0.4) is 0 Å². The Kier molecular flexibility index (Phi) is 26.5. The Balaban J connectivity index is 1.20. The minimum Gasteiger partial charge on any atom is -0.379 e. The van der Waals surface area contributed by atoms with E-state index < -0.39 is 0 Å². The average molecular weight is 720 g/mol. The quantitative estimate of drug-likeness (QED) is 0.0246. The maximum absolute atomic E-state index is 12.0. The molecule has 49 heavy (non-hydrogen) atoms. The van der Waals surface area contributed by atoms with Crippen LogP contribution in [0.25, 0.3) is 10.4 Å². The van der Waals surface area contributed by atoms with Gasteiger partial charge in [-0.3, -0.25) is 9.59 Å². The molecule has 0 aromatic heterocycles. The Hall–Kier alpha value is -2.41. The standard InChI is InChI=1S/C31H57N7O10S/c32-38-35-10-14-45-18-22-48-24-23-47-21-17-44-13-7-29(40)34-9-4-12-43-16-20-46-19-15-42-11-3-8-33-28(39)6-2-1-5-27-30-26(25-49-27)36-31(41)37-30/h26-27,30H,1-25H2,(H,33,39)(H,34,40)(H2,36,37,41)/t26-,27-,30-/m0/s1. The van der Waals surface area contributed by atoms with Crippen molar-refractivity contribution in [2.24, 2.45) is 5.11 Å². The Labute approximate surface area is 293 Å². The zero-order chi connectivity index (χ0) is 35.0. The highest BCUT2D eigenvalue weighted by Crippen LogP contribution is 2.33. The fraction of sp³-hybridized carbons (Fsp3) is 0.903. The molecule has 3 atom stereocenters. The number of hydrogen-bond donors (Lipinski definition) is 4. The van der Waals surface area contributed by atoms with Crippen molar-refractivity contribution >= 4 is 29.6 Å². The highest BCUT2D eigenvalue weighted by Gasteiger charge is 2.42. The van der Waals surface area contributed by atoms with E-state index in [1.54, 1.807) is 0 Å². The summed E-state index contributed by atoms with van der Waals surface area (Å²) < 4.78 is 38.0. The molecule has 0 aromatic rings. The fourth-order valence-corrected chi connectivity index (χ4v) is 6.42. The van der Waals surface area contributed by atoms with E-state index >= 15 is 0 Å². The Morgan fingerprint density at radius 3 is 1.78 bits per heavy atom. The van der Waals surface area contributed by atoms with Gasteiger partial charge in [0.2, 0.25) is 11.8 Å². The van der Waals surface area contributed by atoms with Gasteiger partial charge in [0.05, 0.1) is 91.4 Å². The van der Waals surface area contributed by atoms with Crippen molar-refractivity contribution in [3.8, 4) is 0 Å². The second kappa shape index (κ2) is 30.4. The van der Waals surface area contributed by atoms with Crippen LogP contribution in [0, 0.1) is 0 Å². The van der Waals surface area contributed by atoms with Crippen molar-refractivity contribution in [1.29, 1.82) is 0 Å². The lowest BCUT2D eigenvalue weighted by Gasteiger charge is -2.16. The van der Waals surface area contributed by atoms with E-state index in [0.717, 1.165) is 31.4 Å². The average Bonchev–Trinajstić information content (AvgIpc) is 3.65. The van der Waals surface area contributed by atoms with Gasteiger partial charge in [0.25, 0.3) is 0 Å². The van der Waals surface area contributed by atoms with Gasteiger partial charge in [0.15, 0.2) is 0 Å². The summed E-state index contributed by atoms with van der Waals surface area (Å²) in [5.74, 6) is 0.966. The number of rotatable bonds is 34. The molecule has 2 saturated heterocycles. The van der Waals surface area contributed by atoms with Crippen molar-refractivity contribution in [1.82, 2.24) is 21.3 Å². The minimum atomic E-state index is -0.0649. The van der Waals surface area contributed by atoms with Gasteiger partial charge >= 0.3 is 6.03 Å². The highest BCUT2D eigenvalue weighted by molar-refractivity contribution is 8.00. The molecular weight excluding hydrogens is 662 g/mol. The van der Waals surface area contributed by atoms with Crippen molar-refractivity contribution in [2.75, 3.05) is 118 Å². The second-order valence-electron chi connectivity index (χ2n) is 11.3. The molecule has 0 saturated carbocycles. The number of carbonyl (C=O) groups is 3. The third kappa shape index (κ3) is 23.6. The molecule has 17 nitrogen and oxygen atoms in total. The minimum absolute atomic E-state index is 0.0613. The number of hydrogen-bond acceptors (Lipinski definition) is 12. The van der Waals surface area contributed by atoms with Crippen molar-refractivity contribution in [2.45, 2.75) is 62.3 Å². The van der Waals surface area contributed by atoms with Gasteiger partial charge in [-0.15, -0.1) is 0 Å². The summed E-state index contributed by atoms with van der Waals surface area (Å²) in [6.07, 6.45) is 5.12. The summed E-state index contributed by atoms with van der Waals surface area (Å²) in [7, 11) is 0. The number of urea groups is 1. The number of carbonyl (C=O) groups excluding carboxylic acids is 3. The monoisotopic (exact) mass is 719 g/mol. The maximum atomic E-state index is 12.0. The SMILES string of the molecule is [N-]=[N+]=NCCOCCOCCOCCOCCC(=O)NCCCOCCOCCOCCCNC(=O)CCCC[C@@H]1SC[C@@H]2NC(=O)N[C@@H]21. The second-order valence-corrected chi connectivity index (χ2v) is 12.5. The van der Waals surface area contributed by atoms with Crippen molar-refractivity contribution in [3.05, 3.63) is 10.4 Å². The van der Waals surface area contributed by atoms with Gasteiger partial charge in [0.1, 0.15) is 0 Å². The summed E-state index contributed by atoms with van der Waals surface area (Å²) in [5.41, 5.74) is 8.14. The molecule has 2 heterocycles. The fourth-order valence-electron chi connectivity index (χ4n) is 4.87. The van der Waals surface area contributed by atoms with Crippen LogP contribution in [-0.4, -0.2) is 153 Å². The van der Waals surface area contributed by atoms with E-state index in [1.807, 2.05) is 11.8 Å². The van der Waals surface area contributed by atoms with E-state index in [1.165, 1.54) is 0 Å². The van der Waals surface area contributed by atoms with Crippen molar-refractivity contribution < 1.29 is 47.5 Å². The third-order valence-electron chi connectivity index (χ3n) is 7.39. The number of thioether (sulfide) groups is 1. The number of ether oxygens (including phenoxy) is 7. The predicted octanol–water partition coefficient (Wildman–Crippen LogP) is 1.54. The Morgan fingerprint density at radius 2 is 1.20 bits per heavy atom. The van der Waals surface area contributed by atoms with Crippen LogP contribution in [0.2, 0.25) is 0 Å². The number of amides is 4. The molecule has 282 valence electrons. The zero-order valence-corrected chi connectivity index (χ0v) is 29.6. The molecule has 2 fully saturated rings. The van der Waals surface area contributed by atoms with Gasteiger partial charge in [0, 0.05) is 61.6 Å². The number of nitrogens with one attached hydrogen (secondary N) is 4. The smallest absolute Gasteiger partial charge is 0.315 e. The zero-order valence-electron chi connectivity index (χ0n) is 28.7. The van der Waals surface area contributed by atoms with Crippen LogP contribution in [0.4, 0.5) is 4.79 Å². The third-order valence-corrected chi connectivity index (χ3v) is 8.90. The normalized spacial score (nSPS) is 18.0. The summed E-state index contributed by atoms with van der Waals surface area (Å²) in [4.78, 5) is 38.0. The molecule has 2 aliphatic heterocycles. The largest absolute Gasteiger partial charge is 0.379 e. The molecule has 2 rings (SSSR count). The topological polar surface area (TPSA) is 213 Å². The van der Waals surface area contributed by atoms with Gasteiger partial charge in [-0.25, -0.2) is 4.79 Å². The molecule has 0 aliphatic carbocycles. The van der Waals surface area contributed by atoms with Crippen molar-refractivity contribution in [3.63, 3.8) is 0 Å². The first-order chi connectivity index (χ1) is 24.1. The number of nitrogens with zero attached hydrogens (tertiary/aromatic N) is 3. The summed E-state index contributed by atoms with van der Waals surface area (Å²) >= 11 is 1.90. The van der Waals surface area contributed by atoms with E-state index in [9.17, 15) is 14.4 Å². The van der Waals surface area contributed by atoms with Gasteiger partial charge in [-0.1, -0.05) is 11.5 Å². The molecule has 4 N–H and O–H groups in total. The Bertz CT molecular complexity index is 935. The molecule has 18 heteroatoms. The first kappa shape index (κ1) is 42.8. The van der Waals surface area contributed by atoms with Crippen LogP contribution in [-0.2, 0) is 42.7 Å². The van der Waals surface area contributed by atoms with Gasteiger partial charge in [-0.05, 0) is 31.2 Å². The van der Waals surface area contributed by atoms with Crippen LogP contribution in [0.1, 0.15) is 44.9 Å². The first-order valence-electron chi connectivity index (χ1n) is 17.4. The molecule has 0 radical (unpaired) electrons. The molecule has 4 amide bonds. The maximum Gasteiger partial charge on any atom is 0.315 e. The van der Waals surface area contributed by atoms with Gasteiger partial charge in [-0.2, -0.15) is 11.8 Å². The van der Waals surface area contributed by atoms with Crippen LogP contribution in [0.15, 0.2) is 5.11 Å². The molecule has 0 bridgehead atoms. The predicted molar refractivity (Wildman–Crippen MR) is 184 cm³/mol. The van der Waals surface area contributed by atoms with E-state index in [-0.39, 0.29) is 36.3 Å². The summed E-state index contributed by atoms with van der Waals surface area (Å²) in [6.45, 7) is 7.77. The summed E-state index contributed by atoms with van der Waals surface area (Å²) in [5, 5.41) is 15.5. The molecule has 0 aromatic carbocycles. The van der Waals surface area contributed by atoms with Crippen LogP contribution >= 0.6 is 11.8 Å². The van der Waals surface area contributed by atoms with E-state index in [4.69, 9.17) is 38.7 Å². The molecule has 0 spiro atoms.